The van der Waals surface area contributed by atoms with E-state index in [0.717, 1.165) is 18.4 Å². The minimum atomic E-state index is -3.43. The maximum atomic E-state index is 13.8. The van der Waals surface area contributed by atoms with Gasteiger partial charge in [0.2, 0.25) is 0 Å². The van der Waals surface area contributed by atoms with E-state index in [1.807, 2.05) is 0 Å². The van der Waals surface area contributed by atoms with Crippen molar-refractivity contribution in [1.82, 2.24) is 0 Å². The van der Waals surface area contributed by atoms with Gasteiger partial charge in [0.25, 0.3) is 0 Å². The van der Waals surface area contributed by atoms with E-state index >= 15 is 0 Å². The Labute approximate surface area is 114 Å². The quantitative estimate of drug-likeness (QED) is 0.788. The van der Waals surface area contributed by atoms with E-state index in [0.29, 0.717) is 0 Å². The van der Waals surface area contributed by atoms with Crippen molar-refractivity contribution in [1.29, 1.82) is 0 Å². The van der Waals surface area contributed by atoms with E-state index < -0.39 is 31.0 Å². The highest BCUT2D eigenvalue weighted by Crippen LogP contribution is 2.40. The van der Waals surface area contributed by atoms with Gasteiger partial charge in [-0.25, -0.2) is 17.2 Å². The highest BCUT2D eigenvalue weighted by molar-refractivity contribution is 9.09. The first-order valence-corrected chi connectivity index (χ1v) is 8.08. The smallest absolute Gasteiger partial charge is 0.154 e. The SMILES string of the molecule is Cc1cc(F)c(C(Br)C(C)(C)S(C)(=O)=O)cc1F. The van der Waals surface area contributed by atoms with Crippen molar-refractivity contribution in [3.05, 3.63) is 34.9 Å². The van der Waals surface area contributed by atoms with E-state index in [1.165, 1.54) is 20.8 Å². The van der Waals surface area contributed by atoms with Gasteiger partial charge in [-0.3, -0.25) is 0 Å². The summed E-state index contributed by atoms with van der Waals surface area (Å²) < 4.78 is 49.4. The van der Waals surface area contributed by atoms with Crippen molar-refractivity contribution in [2.75, 3.05) is 6.26 Å². The topological polar surface area (TPSA) is 34.1 Å². The second-order valence-corrected chi connectivity index (χ2v) is 8.37. The maximum absolute atomic E-state index is 13.8. The van der Waals surface area contributed by atoms with Gasteiger partial charge in [0.15, 0.2) is 9.84 Å². The molecule has 102 valence electrons. The first-order chi connectivity index (χ1) is 7.98. The molecule has 0 N–H and O–H groups in total. The molecule has 0 spiro atoms. The number of benzene rings is 1. The molecule has 1 aromatic carbocycles. The summed E-state index contributed by atoms with van der Waals surface area (Å²) in [4.78, 5) is -0.824. The number of hydrogen-bond acceptors (Lipinski definition) is 2. The van der Waals surface area contributed by atoms with Crippen molar-refractivity contribution in [3.8, 4) is 0 Å². The van der Waals surface area contributed by atoms with Gasteiger partial charge in [0.05, 0.1) is 9.57 Å². The van der Waals surface area contributed by atoms with Crippen molar-refractivity contribution in [3.63, 3.8) is 0 Å². The number of aryl methyl sites for hydroxylation is 1. The van der Waals surface area contributed by atoms with Crippen LogP contribution in [0.3, 0.4) is 0 Å². The third-order valence-electron chi connectivity index (χ3n) is 3.12. The predicted molar refractivity (Wildman–Crippen MR) is 71.7 cm³/mol. The Hall–Kier alpha value is -0.490. The molecule has 1 rings (SSSR count). The van der Waals surface area contributed by atoms with Gasteiger partial charge < -0.3 is 0 Å². The summed E-state index contributed by atoms with van der Waals surface area (Å²) in [6, 6.07) is 2.11. The van der Waals surface area contributed by atoms with Gasteiger partial charge in [-0.1, -0.05) is 15.9 Å². The Kier molecular flexibility index (Phi) is 4.23. The number of hydrogen-bond donors (Lipinski definition) is 0. The van der Waals surface area contributed by atoms with Crippen LogP contribution in [0.4, 0.5) is 8.78 Å². The summed E-state index contributed by atoms with van der Waals surface area (Å²) in [7, 11) is -3.43. The van der Waals surface area contributed by atoms with Crippen LogP contribution in [0.1, 0.15) is 29.8 Å². The highest BCUT2D eigenvalue weighted by atomic mass is 79.9. The summed E-state index contributed by atoms with van der Waals surface area (Å²) in [6.07, 6.45) is 1.07. The van der Waals surface area contributed by atoms with Crippen LogP contribution < -0.4 is 0 Å². The van der Waals surface area contributed by atoms with Crippen molar-refractivity contribution >= 4 is 25.8 Å². The lowest BCUT2D eigenvalue weighted by molar-refractivity contribution is 0.530. The summed E-state index contributed by atoms with van der Waals surface area (Å²) >= 11 is 3.17. The molecule has 0 heterocycles. The van der Waals surface area contributed by atoms with Crippen LogP contribution in [-0.2, 0) is 9.84 Å². The molecule has 0 aromatic heterocycles. The summed E-state index contributed by atoms with van der Waals surface area (Å²) in [5, 5.41) is 0. The average molecular weight is 341 g/mol. The van der Waals surface area contributed by atoms with E-state index in [9.17, 15) is 17.2 Å². The molecule has 0 aliphatic carbocycles. The number of rotatable bonds is 3. The van der Waals surface area contributed by atoms with Crippen LogP contribution in [0, 0.1) is 18.6 Å². The molecule has 0 saturated heterocycles. The maximum Gasteiger partial charge on any atom is 0.154 e. The first kappa shape index (κ1) is 15.6. The fraction of sp³-hybridized carbons (Fsp3) is 0.500. The highest BCUT2D eigenvalue weighted by Gasteiger charge is 2.39. The van der Waals surface area contributed by atoms with Gasteiger partial charge in [-0.05, 0) is 38.5 Å². The van der Waals surface area contributed by atoms with Crippen LogP contribution >= 0.6 is 15.9 Å². The zero-order valence-corrected chi connectivity index (χ0v) is 13.0. The summed E-state index contributed by atoms with van der Waals surface area (Å²) in [5.41, 5.74) is 0.196. The lowest BCUT2D eigenvalue weighted by atomic mass is 10.00. The molecule has 0 aliphatic heterocycles. The van der Waals surface area contributed by atoms with E-state index in [4.69, 9.17) is 0 Å². The molecule has 0 saturated carbocycles. The second kappa shape index (κ2) is 4.89. The summed E-state index contributed by atoms with van der Waals surface area (Å²) in [5.74, 6) is -1.17. The third kappa shape index (κ3) is 2.74. The number of halogens is 3. The van der Waals surface area contributed by atoms with Gasteiger partial charge in [-0.2, -0.15) is 0 Å². The predicted octanol–water partition coefficient (Wildman–Crippen LogP) is 3.53. The molecular formula is C12H15BrF2O2S. The fourth-order valence-corrected chi connectivity index (χ4v) is 3.29. The Morgan fingerprint density at radius 3 is 2.17 bits per heavy atom. The minimum absolute atomic E-state index is 0.00789. The Bertz CT molecular complexity index is 568. The lowest BCUT2D eigenvalue weighted by Gasteiger charge is -2.29. The standard InChI is InChI=1S/C12H15BrF2O2S/c1-7-5-10(15)8(6-9(7)14)11(13)12(2,3)18(4,16)17/h5-6,11H,1-4H3. The van der Waals surface area contributed by atoms with Crippen molar-refractivity contribution < 1.29 is 17.2 Å². The van der Waals surface area contributed by atoms with Gasteiger partial charge >= 0.3 is 0 Å². The fourth-order valence-electron chi connectivity index (χ4n) is 1.42. The molecule has 6 heteroatoms. The molecule has 1 atom stereocenters. The van der Waals surface area contributed by atoms with Crippen LogP contribution in [0.5, 0.6) is 0 Å². The first-order valence-electron chi connectivity index (χ1n) is 5.27. The van der Waals surface area contributed by atoms with Crippen LogP contribution in [0.2, 0.25) is 0 Å². The molecular weight excluding hydrogens is 326 g/mol. The largest absolute Gasteiger partial charge is 0.229 e. The lowest BCUT2D eigenvalue weighted by Crippen LogP contribution is -2.35. The number of alkyl halides is 1. The molecule has 0 amide bonds. The van der Waals surface area contributed by atoms with Crippen molar-refractivity contribution in [2.45, 2.75) is 30.3 Å². The second-order valence-electron chi connectivity index (χ2n) is 4.86. The zero-order chi connectivity index (χ0) is 14.3. The normalized spacial score (nSPS) is 14.6. The van der Waals surface area contributed by atoms with Gasteiger partial charge in [0.1, 0.15) is 11.6 Å². The third-order valence-corrected chi connectivity index (χ3v) is 7.20. The molecule has 0 fully saturated rings. The Morgan fingerprint density at radius 1 is 1.22 bits per heavy atom. The van der Waals surface area contributed by atoms with E-state index in [1.54, 1.807) is 0 Å². The molecule has 0 aliphatic rings. The molecule has 1 aromatic rings. The minimum Gasteiger partial charge on any atom is -0.229 e. The molecule has 18 heavy (non-hydrogen) atoms. The summed E-state index contributed by atoms with van der Waals surface area (Å²) in [6.45, 7) is 4.39. The zero-order valence-electron chi connectivity index (χ0n) is 10.6. The molecule has 1 unspecified atom stereocenters. The molecule has 2 nitrogen and oxygen atoms in total. The number of sulfone groups is 1. The molecule has 0 radical (unpaired) electrons. The Morgan fingerprint density at radius 2 is 1.72 bits per heavy atom. The van der Waals surface area contributed by atoms with Crippen molar-refractivity contribution in [2.24, 2.45) is 0 Å². The van der Waals surface area contributed by atoms with Crippen LogP contribution in [-0.4, -0.2) is 19.4 Å². The van der Waals surface area contributed by atoms with E-state index in [-0.39, 0.29) is 11.1 Å². The van der Waals surface area contributed by atoms with E-state index in [2.05, 4.69) is 15.9 Å². The van der Waals surface area contributed by atoms with Gasteiger partial charge in [-0.15, -0.1) is 0 Å². The van der Waals surface area contributed by atoms with Crippen LogP contribution in [0.25, 0.3) is 0 Å². The molecule has 0 bridgehead atoms. The monoisotopic (exact) mass is 340 g/mol. The van der Waals surface area contributed by atoms with Crippen LogP contribution in [0.15, 0.2) is 12.1 Å². The average Bonchev–Trinajstić information content (AvgIpc) is 2.20. The van der Waals surface area contributed by atoms with Gasteiger partial charge in [0, 0.05) is 11.8 Å². The Balaban J connectivity index is 3.36.